The smallest absolute Gasteiger partial charge is 0.233 e. The van der Waals surface area contributed by atoms with E-state index < -0.39 is 16.2 Å². The van der Waals surface area contributed by atoms with Crippen LogP contribution in [0.4, 0.5) is 4.39 Å². The molecule has 1 N–H and O–H groups in total. The Hall–Kier alpha value is -1.20. The molecule has 0 fully saturated rings. The van der Waals surface area contributed by atoms with Gasteiger partial charge in [0.05, 0.1) is 0 Å². The first-order valence-electron chi connectivity index (χ1n) is 4.36. The number of alkyl halides is 1. The fourth-order valence-electron chi connectivity index (χ4n) is 1.03. The van der Waals surface area contributed by atoms with Crippen LogP contribution < -0.4 is 4.72 Å². The normalized spacial score (nSPS) is 13.4. The molecule has 0 aliphatic rings. The molecule has 15 heavy (non-hydrogen) atoms. The maximum Gasteiger partial charge on any atom is 0.233 e. The Bertz CT molecular complexity index is 416. The van der Waals surface area contributed by atoms with Gasteiger partial charge in [0.25, 0.3) is 0 Å². The van der Waals surface area contributed by atoms with Crippen LogP contribution in [0, 0.1) is 0 Å². The lowest BCUT2D eigenvalue weighted by molar-refractivity contribution is 0.343. The molecule has 0 spiro atoms. The first kappa shape index (κ1) is 11.9. The van der Waals surface area contributed by atoms with Crippen molar-refractivity contribution < 1.29 is 12.8 Å². The number of halogens is 1. The van der Waals surface area contributed by atoms with Crippen molar-refractivity contribution in [2.75, 3.05) is 6.54 Å². The van der Waals surface area contributed by atoms with Gasteiger partial charge in [-0.15, -0.1) is 0 Å². The number of benzene rings is 1. The van der Waals surface area contributed by atoms with Crippen LogP contribution >= 0.6 is 0 Å². The van der Waals surface area contributed by atoms with E-state index >= 15 is 0 Å². The Morgan fingerprint density at radius 1 is 1.40 bits per heavy atom. The summed E-state index contributed by atoms with van der Waals surface area (Å²) < 4.78 is 37.4. The van der Waals surface area contributed by atoms with E-state index in [1.54, 1.807) is 30.3 Å². The van der Waals surface area contributed by atoms with Crippen LogP contribution in [0.3, 0.4) is 0 Å². The molecule has 1 atom stereocenters. The van der Waals surface area contributed by atoms with E-state index in [-0.39, 0.29) is 6.54 Å². The Morgan fingerprint density at radius 2 is 2.00 bits per heavy atom. The highest BCUT2D eigenvalue weighted by molar-refractivity contribution is 7.92. The van der Waals surface area contributed by atoms with Crippen LogP contribution in [-0.4, -0.2) is 15.0 Å². The summed E-state index contributed by atoms with van der Waals surface area (Å²) in [6, 6.07) is 8.37. The molecule has 0 aliphatic carbocycles. The summed E-state index contributed by atoms with van der Waals surface area (Å²) >= 11 is 0. The van der Waals surface area contributed by atoms with Crippen LogP contribution in [0.15, 0.2) is 42.3 Å². The maximum absolute atomic E-state index is 13.4. The van der Waals surface area contributed by atoms with E-state index in [0.29, 0.717) is 5.56 Å². The summed E-state index contributed by atoms with van der Waals surface area (Å²) in [6.45, 7) is 2.83. The first-order chi connectivity index (χ1) is 7.05. The van der Waals surface area contributed by atoms with Crippen LogP contribution in [0.1, 0.15) is 11.7 Å². The molecule has 1 aromatic rings. The third-order valence-electron chi connectivity index (χ3n) is 1.84. The van der Waals surface area contributed by atoms with E-state index in [0.717, 1.165) is 5.41 Å². The lowest BCUT2D eigenvalue weighted by Crippen LogP contribution is -2.25. The predicted octanol–water partition coefficient (Wildman–Crippen LogP) is 1.76. The number of rotatable bonds is 5. The molecule has 0 radical (unpaired) electrons. The molecular formula is C10H12FNO2S. The Balaban J connectivity index is 2.58. The minimum atomic E-state index is -3.55. The molecule has 1 rings (SSSR count). The standard InChI is InChI=1S/C10H12FNO2S/c1-2-15(13,14)12-8-10(11)9-6-4-3-5-7-9/h2-7,10,12H,1,8H2. The van der Waals surface area contributed by atoms with Crippen molar-refractivity contribution in [3.63, 3.8) is 0 Å². The lowest BCUT2D eigenvalue weighted by atomic mass is 10.1. The third-order valence-corrected chi connectivity index (χ3v) is 2.85. The second-order valence-corrected chi connectivity index (χ2v) is 4.65. The van der Waals surface area contributed by atoms with Gasteiger partial charge in [-0.2, -0.15) is 0 Å². The molecule has 0 aromatic heterocycles. The van der Waals surface area contributed by atoms with E-state index in [1.807, 2.05) is 0 Å². The minimum Gasteiger partial charge on any atom is -0.241 e. The average Bonchev–Trinajstić information content (AvgIpc) is 2.27. The number of hydrogen-bond acceptors (Lipinski definition) is 2. The number of hydrogen-bond donors (Lipinski definition) is 1. The summed E-state index contributed by atoms with van der Waals surface area (Å²) in [5.74, 6) is 0. The minimum absolute atomic E-state index is 0.279. The zero-order valence-corrected chi connectivity index (χ0v) is 8.87. The van der Waals surface area contributed by atoms with Gasteiger partial charge in [-0.1, -0.05) is 36.9 Å². The fourth-order valence-corrected chi connectivity index (χ4v) is 1.52. The van der Waals surface area contributed by atoms with E-state index in [9.17, 15) is 12.8 Å². The van der Waals surface area contributed by atoms with Gasteiger partial charge >= 0.3 is 0 Å². The third kappa shape index (κ3) is 3.81. The molecule has 82 valence electrons. The first-order valence-corrected chi connectivity index (χ1v) is 5.91. The highest BCUT2D eigenvalue weighted by Crippen LogP contribution is 2.15. The largest absolute Gasteiger partial charge is 0.241 e. The van der Waals surface area contributed by atoms with Crippen molar-refractivity contribution >= 4 is 10.0 Å². The SMILES string of the molecule is C=CS(=O)(=O)NCC(F)c1ccccc1. The van der Waals surface area contributed by atoms with Crippen molar-refractivity contribution in [3.8, 4) is 0 Å². The average molecular weight is 229 g/mol. The zero-order chi connectivity index (χ0) is 11.3. The van der Waals surface area contributed by atoms with E-state index in [4.69, 9.17) is 0 Å². The second kappa shape index (κ2) is 5.04. The molecule has 5 heteroatoms. The topological polar surface area (TPSA) is 46.2 Å². The Labute approximate surface area is 88.7 Å². The van der Waals surface area contributed by atoms with Crippen molar-refractivity contribution in [2.24, 2.45) is 0 Å². The summed E-state index contributed by atoms with van der Waals surface area (Å²) in [5, 5.41) is 0.755. The highest BCUT2D eigenvalue weighted by Gasteiger charge is 2.12. The van der Waals surface area contributed by atoms with Crippen LogP contribution in [-0.2, 0) is 10.0 Å². The van der Waals surface area contributed by atoms with Crippen molar-refractivity contribution in [1.29, 1.82) is 0 Å². The fraction of sp³-hybridized carbons (Fsp3) is 0.200. The lowest BCUT2D eigenvalue weighted by Gasteiger charge is -2.08. The van der Waals surface area contributed by atoms with Gasteiger partial charge in [-0.05, 0) is 5.56 Å². The van der Waals surface area contributed by atoms with Gasteiger partial charge < -0.3 is 0 Å². The Morgan fingerprint density at radius 3 is 2.53 bits per heavy atom. The van der Waals surface area contributed by atoms with Gasteiger partial charge in [-0.3, -0.25) is 0 Å². The second-order valence-electron chi connectivity index (χ2n) is 2.94. The van der Waals surface area contributed by atoms with Crippen LogP contribution in [0.25, 0.3) is 0 Å². The van der Waals surface area contributed by atoms with Gasteiger partial charge in [0, 0.05) is 12.0 Å². The molecule has 0 aliphatic heterocycles. The maximum atomic E-state index is 13.4. The monoisotopic (exact) mass is 229 g/mol. The van der Waals surface area contributed by atoms with Crippen molar-refractivity contribution in [3.05, 3.63) is 47.9 Å². The predicted molar refractivity (Wildman–Crippen MR) is 57.4 cm³/mol. The van der Waals surface area contributed by atoms with Gasteiger partial charge in [0.15, 0.2) is 0 Å². The van der Waals surface area contributed by atoms with E-state index in [2.05, 4.69) is 11.3 Å². The summed E-state index contributed by atoms with van der Waals surface area (Å²) in [6.07, 6.45) is -1.35. The van der Waals surface area contributed by atoms with Crippen molar-refractivity contribution in [2.45, 2.75) is 6.17 Å². The van der Waals surface area contributed by atoms with Gasteiger partial charge in [-0.25, -0.2) is 17.5 Å². The molecule has 0 saturated heterocycles. The summed E-state index contributed by atoms with van der Waals surface area (Å²) in [4.78, 5) is 0. The van der Waals surface area contributed by atoms with Crippen molar-refractivity contribution in [1.82, 2.24) is 4.72 Å². The van der Waals surface area contributed by atoms with Gasteiger partial charge in [0.2, 0.25) is 10.0 Å². The van der Waals surface area contributed by atoms with Gasteiger partial charge in [0.1, 0.15) is 6.17 Å². The molecule has 0 bridgehead atoms. The molecule has 0 saturated carbocycles. The molecule has 0 amide bonds. The number of sulfonamides is 1. The quantitative estimate of drug-likeness (QED) is 0.836. The summed E-state index contributed by atoms with van der Waals surface area (Å²) in [5.41, 5.74) is 0.448. The van der Waals surface area contributed by atoms with Crippen LogP contribution in [0.5, 0.6) is 0 Å². The summed E-state index contributed by atoms with van der Waals surface area (Å²) in [7, 11) is -3.55. The molecule has 3 nitrogen and oxygen atoms in total. The highest BCUT2D eigenvalue weighted by atomic mass is 32.2. The Kier molecular flexibility index (Phi) is 3.99. The van der Waals surface area contributed by atoms with E-state index in [1.165, 1.54) is 0 Å². The van der Waals surface area contributed by atoms with Crippen LogP contribution in [0.2, 0.25) is 0 Å². The molecule has 0 heterocycles. The zero-order valence-electron chi connectivity index (χ0n) is 8.06. The number of nitrogens with one attached hydrogen (secondary N) is 1. The molecular weight excluding hydrogens is 217 g/mol. The molecule has 1 aromatic carbocycles. The molecule has 1 unspecified atom stereocenters.